The van der Waals surface area contributed by atoms with E-state index in [1.165, 1.54) is 11.8 Å². The SMILES string of the molecule is CCn1c(SCC(=O)Nc2cccc(CN3C(=O)CNC3=O)c2)nnc1-c1ccco1. The summed E-state index contributed by atoms with van der Waals surface area (Å²) in [7, 11) is 0. The van der Waals surface area contributed by atoms with Gasteiger partial charge in [-0.15, -0.1) is 10.2 Å². The molecule has 1 aromatic carbocycles. The van der Waals surface area contributed by atoms with E-state index >= 15 is 0 Å². The second-order valence-electron chi connectivity index (χ2n) is 6.70. The van der Waals surface area contributed by atoms with E-state index in [-0.39, 0.29) is 30.7 Å². The zero-order chi connectivity index (χ0) is 21.8. The van der Waals surface area contributed by atoms with E-state index in [0.29, 0.717) is 29.0 Å². The number of carbonyl (C=O) groups excluding carboxylic acids is 3. The van der Waals surface area contributed by atoms with Gasteiger partial charge in [0, 0.05) is 12.2 Å². The van der Waals surface area contributed by atoms with Crippen molar-refractivity contribution in [3.63, 3.8) is 0 Å². The average molecular weight is 440 g/mol. The Hall–Kier alpha value is -3.60. The van der Waals surface area contributed by atoms with Gasteiger partial charge in [-0.25, -0.2) is 4.79 Å². The van der Waals surface area contributed by atoms with E-state index in [9.17, 15) is 14.4 Å². The van der Waals surface area contributed by atoms with Crippen LogP contribution in [0.3, 0.4) is 0 Å². The Morgan fingerprint density at radius 2 is 2.13 bits per heavy atom. The Balaban J connectivity index is 1.36. The van der Waals surface area contributed by atoms with E-state index in [1.54, 1.807) is 36.6 Å². The van der Waals surface area contributed by atoms with Crippen molar-refractivity contribution in [2.45, 2.75) is 25.2 Å². The molecule has 2 N–H and O–H groups in total. The van der Waals surface area contributed by atoms with Crippen molar-refractivity contribution in [1.82, 2.24) is 25.0 Å². The number of nitrogens with zero attached hydrogens (tertiary/aromatic N) is 4. The number of benzene rings is 1. The first-order valence-electron chi connectivity index (χ1n) is 9.62. The Morgan fingerprint density at radius 1 is 1.26 bits per heavy atom. The second-order valence-corrected chi connectivity index (χ2v) is 7.65. The maximum Gasteiger partial charge on any atom is 0.324 e. The molecule has 2 aromatic heterocycles. The van der Waals surface area contributed by atoms with Crippen molar-refractivity contribution < 1.29 is 18.8 Å². The first-order chi connectivity index (χ1) is 15.0. The topological polar surface area (TPSA) is 122 Å². The van der Waals surface area contributed by atoms with E-state index in [1.807, 2.05) is 17.6 Å². The van der Waals surface area contributed by atoms with Crippen molar-refractivity contribution in [3.05, 3.63) is 48.2 Å². The third-order valence-electron chi connectivity index (χ3n) is 4.60. The quantitative estimate of drug-likeness (QED) is 0.407. The lowest BCUT2D eigenvalue weighted by Gasteiger charge is -2.13. The summed E-state index contributed by atoms with van der Waals surface area (Å²) in [5, 5.41) is 14.3. The smallest absolute Gasteiger partial charge is 0.324 e. The average Bonchev–Trinajstić information content (AvgIpc) is 3.49. The van der Waals surface area contributed by atoms with Crippen LogP contribution in [0.15, 0.2) is 52.2 Å². The number of hydrogen-bond acceptors (Lipinski definition) is 7. The summed E-state index contributed by atoms with van der Waals surface area (Å²) in [4.78, 5) is 37.0. The number of imide groups is 1. The van der Waals surface area contributed by atoms with Crippen molar-refractivity contribution in [2.24, 2.45) is 0 Å². The minimum atomic E-state index is -0.412. The van der Waals surface area contributed by atoms with Gasteiger partial charge < -0.3 is 15.1 Å². The third kappa shape index (κ3) is 4.61. The Bertz CT molecular complexity index is 1090. The monoisotopic (exact) mass is 440 g/mol. The van der Waals surface area contributed by atoms with Crippen LogP contribution >= 0.6 is 11.8 Å². The van der Waals surface area contributed by atoms with E-state index in [4.69, 9.17) is 4.42 Å². The number of urea groups is 1. The summed E-state index contributed by atoms with van der Waals surface area (Å²) in [5.41, 5.74) is 1.33. The normalized spacial score (nSPS) is 13.5. The van der Waals surface area contributed by atoms with Crippen LogP contribution in [0, 0.1) is 0 Å². The maximum absolute atomic E-state index is 12.4. The van der Waals surface area contributed by atoms with Gasteiger partial charge in [-0.05, 0) is 36.8 Å². The molecule has 1 aliphatic heterocycles. The van der Waals surface area contributed by atoms with Crippen molar-refractivity contribution in [3.8, 4) is 11.6 Å². The first kappa shape index (κ1) is 20.7. The van der Waals surface area contributed by atoms with E-state index < -0.39 is 6.03 Å². The molecule has 0 bridgehead atoms. The molecule has 10 nitrogen and oxygen atoms in total. The lowest BCUT2D eigenvalue weighted by molar-refractivity contribution is -0.125. The molecule has 0 spiro atoms. The summed E-state index contributed by atoms with van der Waals surface area (Å²) in [6.45, 7) is 2.77. The molecule has 3 heterocycles. The lowest BCUT2D eigenvalue weighted by atomic mass is 10.2. The highest BCUT2D eigenvalue weighted by Gasteiger charge is 2.28. The van der Waals surface area contributed by atoms with Gasteiger partial charge in [0.1, 0.15) is 0 Å². The molecule has 160 valence electrons. The van der Waals surface area contributed by atoms with Crippen LogP contribution in [-0.4, -0.2) is 49.8 Å². The van der Waals surface area contributed by atoms with Gasteiger partial charge in [0.05, 0.1) is 25.1 Å². The standard InChI is InChI=1S/C20H20N6O4S/c1-2-25-18(15-7-4-8-30-15)23-24-20(25)31-12-16(27)22-14-6-3-5-13(9-14)11-26-17(28)10-21-19(26)29/h3-9H,2,10-12H2,1H3,(H,21,29)(H,22,27). The van der Waals surface area contributed by atoms with Crippen LogP contribution in [0.5, 0.6) is 0 Å². The number of thioether (sulfide) groups is 1. The predicted octanol–water partition coefficient (Wildman–Crippen LogP) is 2.34. The van der Waals surface area contributed by atoms with E-state index in [2.05, 4.69) is 20.8 Å². The van der Waals surface area contributed by atoms with Gasteiger partial charge in [0.15, 0.2) is 16.7 Å². The minimum absolute atomic E-state index is 0.0104. The predicted molar refractivity (Wildman–Crippen MR) is 113 cm³/mol. The Kier molecular flexibility index (Phi) is 6.03. The highest BCUT2D eigenvalue weighted by atomic mass is 32.2. The highest BCUT2D eigenvalue weighted by molar-refractivity contribution is 7.99. The van der Waals surface area contributed by atoms with Crippen LogP contribution in [-0.2, 0) is 22.7 Å². The van der Waals surface area contributed by atoms with Gasteiger partial charge in [-0.3, -0.25) is 19.1 Å². The number of aromatic nitrogens is 3. The van der Waals surface area contributed by atoms with Gasteiger partial charge in [-0.1, -0.05) is 23.9 Å². The summed E-state index contributed by atoms with van der Waals surface area (Å²) < 4.78 is 7.28. The zero-order valence-corrected chi connectivity index (χ0v) is 17.5. The molecule has 4 amide bonds. The first-order valence-corrected chi connectivity index (χ1v) is 10.6. The number of carbonyl (C=O) groups is 3. The number of rotatable bonds is 8. The summed E-state index contributed by atoms with van der Waals surface area (Å²) in [6.07, 6.45) is 1.57. The molecule has 11 heteroatoms. The number of hydrogen-bond donors (Lipinski definition) is 2. The van der Waals surface area contributed by atoms with Gasteiger partial charge in [0.2, 0.25) is 11.8 Å². The van der Waals surface area contributed by atoms with Crippen LogP contribution in [0.2, 0.25) is 0 Å². The summed E-state index contributed by atoms with van der Waals surface area (Å²) in [6, 6.07) is 10.2. The maximum atomic E-state index is 12.4. The molecule has 3 aromatic rings. The number of anilines is 1. The molecule has 0 saturated carbocycles. The van der Waals surface area contributed by atoms with Gasteiger partial charge in [-0.2, -0.15) is 0 Å². The largest absolute Gasteiger partial charge is 0.461 e. The molecule has 31 heavy (non-hydrogen) atoms. The van der Waals surface area contributed by atoms with Crippen molar-refractivity contribution in [2.75, 3.05) is 17.6 Å². The fraction of sp³-hybridized carbons (Fsp3) is 0.250. The molecule has 1 aliphatic rings. The Labute approximate surface area is 182 Å². The van der Waals surface area contributed by atoms with Crippen LogP contribution in [0.25, 0.3) is 11.6 Å². The molecule has 0 radical (unpaired) electrons. The van der Waals surface area contributed by atoms with Gasteiger partial charge in [0.25, 0.3) is 0 Å². The minimum Gasteiger partial charge on any atom is -0.461 e. The van der Waals surface area contributed by atoms with Crippen LogP contribution in [0.4, 0.5) is 10.5 Å². The van der Waals surface area contributed by atoms with Crippen molar-refractivity contribution >= 4 is 35.3 Å². The Morgan fingerprint density at radius 3 is 2.84 bits per heavy atom. The third-order valence-corrected chi connectivity index (χ3v) is 5.56. The fourth-order valence-electron chi connectivity index (χ4n) is 3.14. The molecular weight excluding hydrogens is 420 g/mol. The highest BCUT2D eigenvalue weighted by Crippen LogP contribution is 2.24. The number of amides is 4. The van der Waals surface area contributed by atoms with Crippen molar-refractivity contribution in [1.29, 1.82) is 0 Å². The molecule has 0 atom stereocenters. The summed E-state index contributed by atoms with van der Waals surface area (Å²) >= 11 is 1.28. The fourth-order valence-corrected chi connectivity index (χ4v) is 3.94. The molecule has 4 rings (SSSR count). The molecule has 1 saturated heterocycles. The zero-order valence-electron chi connectivity index (χ0n) is 16.7. The molecule has 1 fully saturated rings. The van der Waals surface area contributed by atoms with Crippen LogP contribution < -0.4 is 10.6 Å². The van der Waals surface area contributed by atoms with Crippen LogP contribution in [0.1, 0.15) is 12.5 Å². The number of nitrogens with one attached hydrogen (secondary N) is 2. The van der Waals surface area contributed by atoms with E-state index in [0.717, 1.165) is 10.5 Å². The number of furan rings is 1. The summed E-state index contributed by atoms with van der Waals surface area (Å²) in [5.74, 6) is 0.899. The molecule has 0 aliphatic carbocycles. The molecular formula is C20H20N6O4S. The lowest BCUT2D eigenvalue weighted by Crippen LogP contribution is -2.30. The molecule has 0 unspecified atom stereocenters. The second kappa shape index (κ2) is 9.04. The van der Waals surface area contributed by atoms with Gasteiger partial charge >= 0.3 is 6.03 Å².